The van der Waals surface area contributed by atoms with E-state index >= 15 is 0 Å². The van der Waals surface area contributed by atoms with Gasteiger partial charge >= 0.3 is 0 Å². The summed E-state index contributed by atoms with van der Waals surface area (Å²) in [6.45, 7) is 5.22. The fraction of sp³-hybridized carbons (Fsp3) is 0.727. The maximum Gasteiger partial charge on any atom is 0.0950 e. The Hall–Kier alpha value is -0.910. The van der Waals surface area contributed by atoms with Crippen molar-refractivity contribution >= 4 is 0 Å². The zero-order valence-corrected chi connectivity index (χ0v) is 10.3. The van der Waals surface area contributed by atoms with E-state index in [0.717, 1.165) is 31.9 Å². The Kier molecular flexibility index (Phi) is 6.07. The number of methoxy groups -OCH3 is 2. The van der Waals surface area contributed by atoms with Gasteiger partial charge in [-0.25, -0.2) is 4.98 Å². The Bertz CT molecular complexity index is 289. The molecule has 0 aliphatic heterocycles. The van der Waals surface area contributed by atoms with Crippen molar-refractivity contribution < 1.29 is 9.47 Å². The maximum absolute atomic E-state index is 5.20. The average Bonchev–Trinajstić information content (AvgIpc) is 2.72. The second-order valence-electron chi connectivity index (χ2n) is 3.78. The molecule has 1 atom stereocenters. The van der Waals surface area contributed by atoms with Crippen LogP contribution in [0.15, 0.2) is 12.5 Å². The van der Waals surface area contributed by atoms with Gasteiger partial charge in [-0.2, -0.15) is 0 Å². The largest absolute Gasteiger partial charge is 0.383 e. The number of aromatic nitrogens is 2. The minimum Gasteiger partial charge on any atom is -0.383 e. The lowest BCUT2D eigenvalue weighted by atomic mass is 10.4. The third-order valence-electron chi connectivity index (χ3n) is 2.35. The third-order valence-corrected chi connectivity index (χ3v) is 2.35. The molecule has 1 aromatic heterocycles. The standard InChI is InChI=1S/C11H21N3O2/c1-10(16-3)7-14-8-11(13-9-14)6-12-4-5-15-2/h8-10,12H,4-7H2,1-3H3. The molecule has 1 N–H and O–H groups in total. The molecule has 0 saturated carbocycles. The summed E-state index contributed by atoms with van der Waals surface area (Å²) < 4.78 is 12.2. The van der Waals surface area contributed by atoms with Crippen LogP contribution in [0.1, 0.15) is 12.6 Å². The van der Waals surface area contributed by atoms with Crippen molar-refractivity contribution in [3.8, 4) is 0 Å². The summed E-state index contributed by atoms with van der Waals surface area (Å²) in [5.74, 6) is 0. The summed E-state index contributed by atoms with van der Waals surface area (Å²) in [4.78, 5) is 4.31. The molecule has 1 heterocycles. The van der Waals surface area contributed by atoms with Gasteiger partial charge in [0.2, 0.25) is 0 Å². The van der Waals surface area contributed by atoms with Gasteiger partial charge in [0.05, 0.1) is 24.7 Å². The van der Waals surface area contributed by atoms with Gasteiger partial charge in [-0.15, -0.1) is 0 Å². The normalized spacial score (nSPS) is 12.9. The highest BCUT2D eigenvalue weighted by atomic mass is 16.5. The van der Waals surface area contributed by atoms with Crippen LogP contribution >= 0.6 is 0 Å². The molecule has 0 spiro atoms. The zero-order chi connectivity index (χ0) is 11.8. The lowest BCUT2D eigenvalue weighted by Crippen LogP contribution is -2.18. The summed E-state index contributed by atoms with van der Waals surface area (Å²) in [5, 5.41) is 3.25. The van der Waals surface area contributed by atoms with Gasteiger partial charge in [0, 0.05) is 40.1 Å². The SMILES string of the molecule is COCCNCc1cn(CC(C)OC)cn1. The van der Waals surface area contributed by atoms with E-state index in [0.29, 0.717) is 0 Å². The van der Waals surface area contributed by atoms with Crippen LogP contribution in [0.2, 0.25) is 0 Å². The number of nitrogens with zero attached hydrogens (tertiary/aromatic N) is 2. The predicted molar refractivity (Wildman–Crippen MR) is 62.3 cm³/mol. The molecule has 0 aliphatic rings. The molecule has 1 aromatic rings. The highest BCUT2D eigenvalue weighted by Crippen LogP contribution is 1.99. The van der Waals surface area contributed by atoms with Crippen LogP contribution in [0.5, 0.6) is 0 Å². The number of nitrogens with one attached hydrogen (secondary N) is 1. The minimum absolute atomic E-state index is 0.212. The number of imidazole rings is 1. The molecule has 0 amide bonds. The van der Waals surface area contributed by atoms with Crippen LogP contribution in [0, 0.1) is 0 Å². The van der Waals surface area contributed by atoms with Crippen molar-refractivity contribution in [2.24, 2.45) is 0 Å². The molecule has 1 unspecified atom stereocenters. The number of hydrogen-bond donors (Lipinski definition) is 1. The predicted octanol–water partition coefficient (Wildman–Crippen LogP) is 0.654. The highest BCUT2D eigenvalue weighted by molar-refractivity contribution is 4.96. The van der Waals surface area contributed by atoms with Gasteiger partial charge in [-0.1, -0.05) is 0 Å². The number of hydrogen-bond acceptors (Lipinski definition) is 4. The van der Waals surface area contributed by atoms with E-state index in [1.165, 1.54) is 0 Å². The fourth-order valence-electron chi connectivity index (χ4n) is 1.36. The van der Waals surface area contributed by atoms with Gasteiger partial charge in [-0.3, -0.25) is 0 Å². The lowest BCUT2D eigenvalue weighted by Gasteiger charge is -2.08. The van der Waals surface area contributed by atoms with Crippen LogP contribution in [-0.2, 0) is 22.6 Å². The van der Waals surface area contributed by atoms with Crippen LogP contribution < -0.4 is 5.32 Å². The highest BCUT2D eigenvalue weighted by Gasteiger charge is 2.02. The molecule has 0 bridgehead atoms. The molecule has 92 valence electrons. The van der Waals surface area contributed by atoms with E-state index in [4.69, 9.17) is 9.47 Å². The maximum atomic E-state index is 5.20. The molecule has 5 heteroatoms. The van der Waals surface area contributed by atoms with Gasteiger partial charge in [0.25, 0.3) is 0 Å². The third kappa shape index (κ3) is 4.74. The van der Waals surface area contributed by atoms with E-state index < -0.39 is 0 Å². The van der Waals surface area contributed by atoms with E-state index in [-0.39, 0.29) is 6.10 Å². The Balaban J connectivity index is 2.28. The first-order valence-corrected chi connectivity index (χ1v) is 5.49. The Morgan fingerprint density at radius 3 is 3.00 bits per heavy atom. The van der Waals surface area contributed by atoms with Crippen molar-refractivity contribution in [3.05, 3.63) is 18.2 Å². The first-order chi connectivity index (χ1) is 7.76. The molecule has 1 rings (SSSR count). The monoisotopic (exact) mass is 227 g/mol. The Morgan fingerprint density at radius 1 is 1.50 bits per heavy atom. The average molecular weight is 227 g/mol. The fourth-order valence-corrected chi connectivity index (χ4v) is 1.36. The molecule has 5 nitrogen and oxygen atoms in total. The van der Waals surface area contributed by atoms with Crippen molar-refractivity contribution in [2.45, 2.75) is 26.1 Å². The van der Waals surface area contributed by atoms with Crippen LogP contribution in [-0.4, -0.2) is 43.0 Å². The molecular weight excluding hydrogens is 206 g/mol. The Labute approximate surface area is 96.8 Å². The molecular formula is C11H21N3O2. The summed E-state index contributed by atoms with van der Waals surface area (Å²) >= 11 is 0. The molecule has 0 fully saturated rings. The summed E-state index contributed by atoms with van der Waals surface area (Å²) in [7, 11) is 3.41. The van der Waals surface area contributed by atoms with E-state index in [1.807, 2.05) is 24.0 Å². The number of rotatable bonds is 8. The van der Waals surface area contributed by atoms with Crippen molar-refractivity contribution in [1.82, 2.24) is 14.9 Å². The topological polar surface area (TPSA) is 48.3 Å². The van der Waals surface area contributed by atoms with Crippen LogP contribution in [0.25, 0.3) is 0 Å². The quantitative estimate of drug-likeness (QED) is 0.663. The second kappa shape index (κ2) is 7.38. The van der Waals surface area contributed by atoms with Crippen LogP contribution in [0.3, 0.4) is 0 Å². The van der Waals surface area contributed by atoms with Crippen molar-refractivity contribution in [1.29, 1.82) is 0 Å². The minimum atomic E-state index is 0.212. The molecule has 0 aliphatic carbocycles. The van der Waals surface area contributed by atoms with Gasteiger partial charge < -0.3 is 19.4 Å². The summed E-state index contributed by atoms with van der Waals surface area (Å²) in [6.07, 6.45) is 4.08. The summed E-state index contributed by atoms with van der Waals surface area (Å²) in [5.41, 5.74) is 1.04. The van der Waals surface area contributed by atoms with Gasteiger partial charge in [-0.05, 0) is 6.92 Å². The van der Waals surface area contributed by atoms with Crippen LogP contribution in [0.4, 0.5) is 0 Å². The molecule has 0 saturated heterocycles. The first-order valence-electron chi connectivity index (χ1n) is 5.49. The lowest BCUT2D eigenvalue weighted by molar-refractivity contribution is 0.103. The van der Waals surface area contributed by atoms with Crippen molar-refractivity contribution in [3.63, 3.8) is 0 Å². The Morgan fingerprint density at radius 2 is 2.31 bits per heavy atom. The summed E-state index contributed by atoms with van der Waals surface area (Å²) in [6, 6.07) is 0. The second-order valence-corrected chi connectivity index (χ2v) is 3.78. The van der Waals surface area contributed by atoms with E-state index in [2.05, 4.69) is 10.3 Å². The zero-order valence-electron chi connectivity index (χ0n) is 10.3. The molecule has 0 aromatic carbocycles. The van der Waals surface area contributed by atoms with E-state index in [1.54, 1.807) is 14.2 Å². The first kappa shape index (κ1) is 13.2. The van der Waals surface area contributed by atoms with Gasteiger partial charge in [0.15, 0.2) is 0 Å². The van der Waals surface area contributed by atoms with Crippen molar-refractivity contribution in [2.75, 3.05) is 27.4 Å². The number of ether oxygens (including phenoxy) is 2. The van der Waals surface area contributed by atoms with Gasteiger partial charge in [0.1, 0.15) is 0 Å². The molecule has 0 radical (unpaired) electrons. The van der Waals surface area contributed by atoms with E-state index in [9.17, 15) is 0 Å². The molecule has 16 heavy (non-hydrogen) atoms. The smallest absolute Gasteiger partial charge is 0.0950 e.